The Balaban J connectivity index is 0.000000159. The summed E-state index contributed by atoms with van der Waals surface area (Å²) in [6, 6.07) is 6.93. The summed E-state index contributed by atoms with van der Waals surface area (Å²) < 4.78 is 4.02. The van der Waals surface area contributed by atoms with Crippen LogP contribution >= 0.6 is 0 Å². The van der Waals surface area contributed by atoms with Crippen LogP contribution in [0.4, 0.5) is 29.2 Å². The SMILES string of the molecule is CCC(CC)C1N=[N+](C)c2ncccc21.CCC(CC)Nc1nc(N)nc2c1C=CC2.CCC(CC)c1c[nH]c2ncc(N)cc12.CCC(CC)c1cn(C)c2c(C)nc(N)nc12. The second-order valence-corrected chi connectivity index (χ2v) is 16.6. The lowest BCUT2D eigenvalue weighted by Gasteiger charge is -2.17. The Morgan fingerprint density at radius 1 is 0.841 bits per heavy atom. The van der Waals surface area contributed by atoms with Crippen LogP contribution in [0.2, 0.25) is 0 Å². The Bertz CT molecular complexity index is 2460. The molecule has 8 rings (SSSR count). The van der Waals surface area contributed by atoms with E-state index >= 15 is 0 Å². The third kappa shape index (κ3) is 11.2. The predicted octanol–water partition coefficient (Wildman–Crippen LogP) is 11.3. The fourth-order valence-electron chi connectivity index (χ4n) is 8.93. The maximum Gasteiger partial charge on any atom is 0.348 e. The normalized spacial score (nSPS) is 13.8. The largest absolute Gasteiger partial charge is 0.397 e. The third-order valence-corrected chi connectivity index (χ3v) is 12.7. The first-order valence-electron chi connectivity index (χ1n) is 23.2. The molecular formula is C49H73N14+. The number of aromatic amines is 1. The second-order valence-electron chi connectivity index (χ2n) is 16.6. The van der Waals surface area contributed by atoms with E-state index in [-0.39, 0.29) is 0 Å². The van der Waals surface area contributed by atoms with E-state index in [0.717, 1.165) is 95.9 Å². The van der Waals surface area contributed by atoms with Crippen molar-refractivity contribution in [1.29, 1.82) is 0 Å². The number of nitrogens with two attached hydrogens (primary N) is 3. The van der Waals surface area contributed by atoms with Crippen LogP contribution in [0.15, 0.2) is 54.2 Å². The number of anilines is 4. The van der Waals surface area contributed by atoms with Gasteiger partial charge in [-0.25, -0.2) is 19.9 Å². The summed E-state index contributed by atoms with van der Waals surface area (Å²) in [5.41, 5.74) is 28.0. The first-order chi connectivity index (χ1) is 30.4. The van der Waals surface area contributed by atoms with E-state index in [2.05, 4.69) is 136 Å². The molecule has 0 saturated carbocycles. The molecule has 8 N–H and O–H groups in total. The number of aryl methyl sites for hydroxylation is 2. The molecule has 14 nitrogen and oxygen atoms in total. The smallest absolute Gasteiger partial charge is 0.348 e. The molecule has 338 valence electrons. The summed E-state index contributed by atoms with van der Waals surface area (Å²) in [5, 5.41) is 9.28. The van der Waals surface area contributed by atoms with Gasteiger partial charge in [-0.1, -0.05) is 80.4 Å². The van der Waals surface area contributed by atoms with E-state index in [9.17, 15) is 0 Å². The standard InChI is InChI=1S/C13H20N4.C12H18N4.C12H18N3.C12H17N3/c1-5-9(6-2)10-7-17(4)12-8(3)15-13(14)16-11(10)12;1-3-8(4-2)14-11-9-6-5-7-10(9)15-12(13)16-11;1-4-9(5-2)11-10-7-6-8-13-12(10)15(3)14-11;1-3-8(4-2)11-7-15-12-10(11)5-9(13)6-14-12/h7,9H,5-6H2,1-4H3,(H2,14,15,16);5-6,8H,3-4,7H2,1-2H3,(H3,13,14,15,16);6-9,11H,4-5H2,1-3H3;5-8H,3-4,13H2,1-2H3,(H,14,15)/q;;+1;. The average Bonchev–Trinajstić information content (AvgIpc) is 4.07. The Morgan fingerprint density at radius 3 is 2.16 bits per heavy atom. The summed E-state index contributed by atoms with van der Waals surface area (Å²) in [6.45, 7) is 19.6. The minimum absolute atomic E-state index is 0.314. The van der Waals surface area contributed by atoms with Gasteiger partial charge in [-0.05, 0) is 97.5 Å². The molecule has 0 saturated heterocycles. The zero-order chi connectivity index (χ0) is 45.8. The van der Waals surface area contributed by atoms with E-state index in [1.165, 1.54) is 34.9 Å². The van der Waals surface area contributed by atoms with Gasteiger partial charge in [0.2, 0.25) is 11.9 Å². The van der Waals surface area contributed by atoms with Gasteiger partial charge in [0.05, 0.1) is 39.9 Å². The van der Waals surface area contributed by atoms with Crippen LogP contribution in [0.5, 0.6) is 0 Å². The summed E-state index contributed by atoms with van der Waals surface area (Å²) in [5.74, 6) is 4.41. The number of azo groups is 2. The fourth-order valence-corrected chi connectivity index (χ4v) is 8.93. The lowest BCUT2D eigenvalue weighted by Crippen LogP contribution is -2.19. The molecule has 1 aliphatic carbocycles. The van der Waals surface area contributed by atoms with Crippen molar-refractivity contribution in [3.63, 3.8) is 0 Å². The van der Waals surface area contributed by atoms with Crippen molar-refractivity contribution in [2.24, 2.45) is 18.1 Å². The maximum absolute atomic E-state index is 5.76. The van der Waals surface area contributed by atoms with Gasteiger partial charge < -0.3 is 32.1 Å². The molecule has 0 spiro atoms. The second kappa shape index (κ2) is 22.4. The van der Waals surface area contributed by atoms with Gasteiger partial charge in [-0.15, -0.1) is 9.81 Å². The Labute approximate surface area is 374 Å². The Morgan fingerprint density at radius 2 is 1.51 bits per heavy atom. The van der Waals surface area contributed by atoms with E-state index in [1.807, 2.05) is 44.0 Å². The van der Waals surface area contributed by atoms with Crippen molar-refractivity contribution < 1.29 is 4.70 Å². The first-order valence-corrected chi connectivity index (χ1v) is 23.2. The predicted molar refractivity (Wildman–Crippen MR) is 261 cm³/mol. The third-order valence-electron chi connectivity index (χ3n) is 12.7. The van der Waals surface area contributed by atoms with Gasteiger partial charge in [0.15, 0.2) is 0 Å². The van der Waals surface area contributed by atoms with Crippen LogP contribution in [0, 0.1) is 12.8 Å². The zero-order valence-electron chi connectivity index (χ0n) is 39.7. The summed E-state index contributed by atoms with van der Waals surface area (Å²) in [7, 11) is 4.02. The molecule has 0 radical (unpaired) electrons. The number of H-pyrrole nitrogens is 1. The molecule has 6 aromatic rings. The highest BCUT2D eigenvalue weighted by Gasteiger charge is 2.34. The number of hydrogen-bond acceptors (Lipinski definition) is 11. The van der Waals surface area contributed by atoms with Gasteiger partial charge in [0.1, 0.15) is 30.8 Å². The highest BCUT2D eigenvalue weighted by molar-refractivity contribution is 5.84. The van der Waals surface area contributed by atoms with Crippen molar-refractivity contribution >= 4 is 57.4 Å². The number of rotatable bonds is 13. The molecule has 6 aromatic heterocycles. The van der Waals surface area contributed by atoms with Crippen molar-refractivity contribution in [3.8, 4) is 0 Å². The van der Waals surface area contributed by atoms with Crippen LogP contribution in [0.3, 0.4) is 0 Å². The van der Waals surface area contributed by atoms with Gasteiger partial charge in [0, 0.05) is 42.9 Å². The highest BCUT2D eigenvalue weighted by Crippen LogP contribution is 2.40. The number of nitrogen functional groups attached to an aromatic ring is 3. The molecule has 0 amide bonds. The van der Waals surface area contributed by atoms with Gasteiger partial charge in [-0.3, -0.25) is 0 Å². The Kier molecular flexibility index (Phi) is 17.1. The number of allylic oxidation sites excluding steroid dienone is 1. The number of hydrogen-bond donors (Lipinski definition) is 5. The molecule has 7 heterocycles. The molecule has 0 fully saturated rings. The average molecular weight is 858 g/mol. The lowest BCUT2D eigenvalue weighted by atomic mass is 9.90. The summed E-state index contributed by atoms with van der Waals surface area (Å²) in [6.07, 6.45) is 21.8. The Hall–Kier alpha value is -5.92. The first kappa shape index (κ1) is 48.1. The van der Waals surface area contributed by atoms with Crippen LogP contribution in [0.1, 0.15) is 158 Å². The molecule has 0 aromatic carbocycles. The molecule has 0 bridgehead atoms. The molecule has 1 atom stereocenters. The summed E-state index contributed by atoms with van der Waals surface area (Å²) in [4.78, 5) is 29.0. The fraction of sp³-hybridized carbons (Fsp3) is 0.510. The quantitative estimate of drug-likeness (QED) is 0.0695. The minimum Gasteiger partial charge on any atom is -0.397 e. The topological polar surface area (TPSA) is 204 Å². The van der Waals surface area contributed by atoms with Crippen molar-refractivity contribution in [2.75, 3.05) is 29.6 Å². The lowest BCUT2D eigenvalue weighted by molar-refractivity contribution is -0.482. The number of nitrogens with zero attached hydrogens (tertiary/aromatic N) is 9. The van der Waals surface area contributed by atoms with E-state index in [0.29, 0.717) is 41.7 Å². The van der Waals surface area contributed by atoms with Gasteiger partial charge in [0.25, 0.3) is 0 Å². The number of pyridine rings is 2. The molecule has 1 unspecified atom stereocenters. The van der Waals surface area contributed by atoms with E-state index in [4.69, 9.17) is 17.2 Å². The number of nitrogens with one attached hydrogen (secondary N) is 2. The van der Waals surface area contributed by atoms with Gasteiger partial charge in [-0.2, -0.15) is 4.98 Å². The molecule has 1 aliphatic heterocycles. The molecular weight excluding hydrogens is 785 g/mol. The van der Waals surface area contributed by atoms with E-state index < -0.39 is 0 Å². The summed E-state index contributed by atoms with van der Waals surface area (Å²) >= 11 is 0. The zero-order valence-corrected chi connectivity index (χ0v) is 39.7. The van der Waals surface area contributed by atoms with Crippen LogP contribution in [-0.2, 0) is 13.5 Å². The van der Waals surface area contributed by atoms with Crippen LogP contribution in [-0.4, -0.2) is 57.2 Å². The number of fused-ring (bicyclic) bond motifs is 4. The highest BCUT2D eigenvalue weighted by atomic mass is 15.3. The molecule has 2 aliphatic rings. The monoisotopic (exact) mass is 858 g/mol. The van der Waals surface area contributed by atoms with Gasteiger partial charge >= 0.3 is 5.82 Å². The van der Waals surface area contributed by atoms with Crippen molar-refractivity contribution in [3.05, 3.63) is 82.7 Å². The minimum atomic E-state index is 0.314. The van der Waals surface area contributed by atoms with Crippen LogP contribution < -0.4 is 22.5 Å². The molecule has 14 heteroatoms. The molecule has 63 heavy (non-hydrogen) atoms. The van der Waals surface area contributed by atoms with E-state index in [1.54, 1.807) is 6.20 Å². The van der Waals surface area contributed by atoms with Crippen LogP contribution in [0.25, 0.3) is 28.1 Å². The van der Waals surface area contributed by atoms with Crippen molar-refractivity contribution in [1.82, 2.24) is 39.5 Å². The number of aromatic nitrogens is 8. The maximum atomic E-state index is 5.76. The van der Waals surface area contributed by atoms with Crippen molar-refractivity contribution in [2.45, 2.75) is 144 Å².